The van der Waals surface area contributed by atoms with Crippen molar-refractivity contribution in [2.45, 2.75) is 18.4 Å². The van der Waals surface area contributed by atoms with Crippen LogP contribution in [0.1, 0.15) is 17.5 Å². The third-order valence-electron chi connectivity index (χ3n) is 3.73. The number of rotatable bonds is 5. The Morgan fingerprint density at radius 3 is 2.32 bits per heavy atom. The smallest absolute Gasteiger partial charge is 0.341 e. The van der Waals surface area contributed by atoms with Gasteiger partial charge in [0.05, 0.1) is 0 Å². The largest absolute Gasteiger partial charge is 0.405 e. The third kappa shape index (κ3) is 2.70. The lowest BCUT2D eigenvalue weighted by molar-refractivity contribution is -0.138. The molecule has 2 aromatic rings. The van der Waals surface area contributed by atoms with Crippen LogP contribution in [0.2, 0.25) is 0 Å². The average molecular weight is 291 g/mol. The molecular weight excluding hydrogens is 274 g/mol. The fourth-order valence-electron chi connectivity index (χ4n) is 2.64. The van der Waals surface area contributed by atoms with Crippen LogP contribution in [0.5, 0.6) is 0 Å². The van der Waals surface area contributed by atoms with Gasteiger partial charge in [0.1, 0.15) is 0 Å². The molecule has 0 aliphatic carbocycles. The first-order chi connectivity index (χ1) is 10.7. The molecule has 0 bridgehead atoms. The molecule has 3 nitrogen and oxygen atoms in total. The maximum absolute atomic E-state index is 12.5. The number of carbonyl (C=O) groups excluding carboxylic acids is 1. The first kappa shape index (κ1) is 14.3. The Hall–Kier alpha value is -2.68. The predicted molar refractivity (Wildman–Crippen MR) is 86.8 cm³/mol. The molecule has 1 aliphatic heterocycles. The first-order valence-electron chi connectivity index (χ1n) is 7.26. The maximum Gasteiger partial charge on any atom is 0.341 e. The Kier molecular flexibility index (Phi) is 3.88. The highest BCUT2D eigenvalue weighted by Gasteiger charge is 2.45. The van der Waals surface area contributed by atoms with Crippen molar-refractivity contribution < 1.29 is 9.53 Å². The van der Waals surface area contributed by atoms with Crippen LogP contribution < -0.4 is 0 Å². The molecule has 22 heavy (non-hydrogen) atoms. The Bertz CT molecular complexity index is 707. The molecule has 0 aromatic heterocycles. The molecule has 1 heterocycles. The fourth-order valence-corrected chi connectivity index (χ4v) is 2.64. The average Bonchev–Trinajstić information content (AvgIpc) is 2.86. The SMILES string of the molecule is C=CC[C@@]1(Cc2ccccc2)N=C(c2ccccc2)OC1=O. The van der Waals surface area contributed by atoms with E-state index in [2.05, 4.69) is 11.6 Å². The van der Waals surface area contributed by atoms with Crippen molar-refractivity contribution in [3.8, 4) is 0 Å². The molecule has 0 N–H and O–H groups in total. The molecule has 0 saturated heterocycles. The zero-order chi connectivity index (χ0) is 15.4. The van der Waals surface area contributed by atoms with Gasteiger partial charge in [0.2, 0.25) is 5.90 Å². The highest BCUT2D eigenvalue weighted by Crippen LogP contribution is 2.31. The summed E-state index contributed by atoms with van der Waals surface area (Å²) in [5.74, 6) is 0.0819. The molecule has 1 atom stereocenters. The van der Waals surface area contributed by atoms with Gasteiger partial charge in [-0.3, -0.25) is 0 Å². The van der Waals surface area contributed by atoms with E-state index in [1.165, 1.54) is 0 Å². The van der Waals surface area contributed by atoms with Gasteiger partial charge in [0.15, 0.2) is 5.54 Å². The summed E-state index contributed by atoms with van der Waals surface area (Å²) in [6, 6.07) is 19.3. The number of ether oxygens (including phenoxy) is 1. The van der Waals surface area contributed by atoms with Crippen LogP contribution in [0, 0.1) is 0 Å². The number of carbonyl (C=O) groups is 1. The van der Waals surface area contributed by atoms with E-state index in [0.717, 1.165) is 11.1 Å². The zero-order valence-electron chi connectivity index (χ0n) is 12.2. The van der Waals surface area contributed by atoms with E-state index in [1.54, 1.807) is 6.08 Å². The lowest BCUT2D eigenvalue weighted by atomic mass is 9.88. The fraction of sp³-hybridized carbons (Fsp3) is 0.158. The lowest BCUT2D eigenvalue weighted by Gasteiger charge is -2.20. The summed E-state index contributed by atoms with van der Waals surface area (Å²) in [4.78, 5) is 17.1. The van der Waals surface area contributed by atoms with Crippen LogP contribution in [0.15, 0.2) is 78.3 Å². The van der Waals surface area contributed by atoms with Crippen LogP contribution in [-0.4, -0.2) is 17.4 Å². The highest BCUT2D eigenvalue weighted by molar-refractivity contribution is 6.08. The van der Waals surface area contributed by atoms with Gasteiger partial charge < -0.3 is 4.74 Å². The molecule has 3 heteroatoms. The minimum atomic E-state index is -0.908. The maximum atomic E-state index is 12.5. The molecule has 1 aliphatic rings. The Morgan fingerprint density at radius 1 is 1.05 bits per heavy atom. The van der Waals surface area contributed by atoms with Crippen LogP contribution in [-0.2, 0) is 16.0 Å². The number of cyclic esters (lactones) is 1. The van der Waals surface area contributed by atoms with E-state index < -0.39 is 5.54 Å². The van der Waals surface area contributed by atoms with Crippen molar-refractivity contribution >= 4 is 11.9 Å². The molecule has 0 amide bonds. The second kappa shape index (κ2) is 5.98. The van der Waals surface area contributed by atoms with Crippen molar-refractivity contribution in [2.75, 3.05) is 0 Å². The third-order valence-corrected chi connectivity index (χ3v) is 3.73. The van der Waals surface area contributed by atoms with Crippen LogP contribution in [0.25, 0.3) is 0 Å². The van der Waals surface area contributed by atoms with Gasteiger partial charge in [0.25, 0.3) is 0 Å². The van der Waals surface area contributed by atoms with E-state index >= 15 is 0 Å². The molecule has 0 fully saturated rings. The molecule has 0 radical (unpaired) electrons. The Morgan fingerprint density at radius 2 is 1.68 bits per heavy atom. The van der Waals surface area contributed by atoms with Gasteiger partial charge in [-0.25, -0.2) is 9.79 Å². The van der Waals surface area contributed by atoms with Crippen molar-refractivity contribution in [1.82, 2.24) is 0 Å². The molecule has 3 rings (SSSR count). The van der Waals surface area contributed by atoms with E-state index in [-0.39, 0.29) is 5.97 Å². The quantitative estimate of drug-likeness (QED) is 0.624. The topological polar surface area (TPSA) is 38.7 Å². The monoisotopic (exact) mass is 291 g/mol. The molecular formula is C19H17NO2. The second-order valence-electron chi connectivity index (χ2n) is 5.36. The summed E-state index contributed by atoms with van der Waals surface area (Å²) in [5.41, 5.74) is 0.961. The molecule has 2 aromatic carbocycles. The van der Waals surface area contributed by atoms with Gasteiger partial charge >= 0.3 is 5.97 Å². The van der Waals surface area contributed by atoms with Gasteiger partial charge in [-0.15, -0.1) is 6.58 Å². The number of hydrogen-bond donors (Lipinski definition) is 0. The van der Waals surface area contributed by atoms with Gasteiger partial charge in [-0.05, 0) is 17.7 Å². The summed E-state index contributed by atoms with van der Waals surface area (Å²) in [6.07, 6.45) is 2.69. The van der Waals surface area contributed by atoms with E-state index in [1.807, 2.05) is 60.7 Å². The van der Waals surface area contributed by atoms with Crippen molar-refractivity contribution in [1.29, 1.82) is 0 Å². The first-order valence-corrected chi connectivity index (χ1v) is 7.26. The van der Waals surface area contributed by atoms with Crippen LogP contribution in [0.3, 0.4) is 0 Å². The standard InChI is InChI=1S/C19H17NO2/c1-2-13-19(14-15-9-5-3-6-10-15)18(21)22-17(20-19)16-11-7-4-8-12-16/h2-12H,1,13-14H2/t19-/m0/s1. The molecule has 0 unspecified atom stereocenters. The zero-order valence-corrected chi connectivity index (χ0v) is 12.2. The minimum Gasteiger partial charge on any atom is -0.405 e. The van der Waals surface area contributed by atoms with E-state index in [0.29, 0.717) is 18.7 Å². The normalized spacial score (nSPS) is 20.4. The minimum absolute atomic E-state index is 0.310. The number of esters is 1. The van der Waals surface area contributed by atoms with Gasteiger partial charge in [-0.2, -0.15) is 0 Å². The van der Waals surface area contributed by atoms with Crippen molar-refractivity contribution in [3.05, 3.63) is 84.4 Å². The summed E-state index contributed by atoms with van der Waals surface area (Å²) in [6.45, 7) is 3.77. The summed E-state index contributed by atoms with van der Waals surface area (Å²) >= 11 is 0. The van der Waals surface area contributed by atoms with Crippen LogP contribution >= 0.6 is 0 Å². The summed E-state index contributed by atoms with van der Waals surface area (Å²) in [7, 11) is 0. The Labute approximate surface area is 130 Å². The van der Waals surface area contributed by atoms with E-state index in [4.69, 9.17) is 4.74 Å². The van der Waals surface area contributed by atoms with E-state index in [9.17, 15) is 4.79 Å². The van der Waals surface area contributed by atoms with Crippen molar-refractivity contribution in [2.24, 2.45) is 4.99 Å². The number of benzene rings is 2. The highest BCUT2D eigenvalue weighted by atomic mass is 16.6. The molecule has 110 valence electrons. The van der Waals surface area contributed by atoms with Crippen LogP contribution in [0.4, 0.5) is 0 Å². The van der Waals surface area contributed by atoms with Gasteiger partial charge in [0, 0.05) is 18.4 Å². The predicted octanol–water partition coefficient (Wildman–Crippen LogP) is 3.55. The summed E-state index contributed by atoms with van der Waals surface area (Å²) < 4.78 is 5.45. The van der Waals surface area contributed by atoms with Gasteiger partial charge in [-0.1, -0.05) is 54.6 Å². The second-order valence-corrected chi connectivity index (χ2v) is 5.36. The molecule has 0 spiro atoms. The Balaban J connectivity index is 1.97. The number of aliphatic imine (C=N–C) groups is 1. The summed E-state index contributed by atoms with van der Waals surface area (Å²) in [5, 5.41) is 0. The van der Waals surface area contributed by atoms with Crippen molar-refractivity contribution in [3.63, 3.8) is 0 Å². The molecule has 0 saturated carbocycles. The lowest BCUT2D eigenvalue weighted by Crippen LogP contribution is -2.35. The number of hydrogen-bond acceptors (Lipinski definition) is 3. The number of nitrogens with zero attached hydrogens (tertiary/aromatic N) is 1.